The predicted octanol–water partition coefficient (Wildman–Crippen LogP) is 3.26. The van der Waals surface area contributed by atoms with Crippen LogP contribution in [0.25, 0.3) is 5.69 Å². The highest BCUT2D eigenvalue weighted by Crippen LogP contribution is 2.49. The number of nitrogen functional groups attached to an aromatic ring is 1. The summed E-state index contributed by atoms with van der Waals surface area (Å²) in [4.78, 5) is 15.3. The number of ether oxygens (including phenoxy) is 1. The van der Waals surface area contributed by atoms with E-state index in [0.29, 0.717) is 29.4 Å². The number of anilines is 2. The van der Waals surface area contributed by atoms with Crippen LogP contribution in [0.15, 0.2) is 53.5 Å². The molecule has 2 aromatic carbocycles. The average Bonchev–Trinajstić information content (AvgIpc) is 3.68. The Bertz CT molecular complexity index is 1520. The van der Waals surface area contributed by atoms with E-state index in [2.05, 4.69) is 5.10 Å². The second-order valence-corrected chi connectivity index (χ2v) is 12.3. The van der Waals surface area contributed by atoms with Crippen LogP contribution in [0.2, 0.25) is 0 Å². The highest BCUT2D eigenvalue weighted by atomic mass is 32.2. The number of hydrogen-bond acceptors (Lipinski definition) is 7. The molecule has 3 aromatic rings. The summed E-state index contributed by atoms with van der Waals surface area (Å²) in [7, 11) is -3.61. The first-order valence-corrected chi connectivity index (χ1v) is 14.5. The Balaban J connectivity index is 1.38. The van der Waals surface area contributed by atoms with Gasteiger partial charge in [-0.1, -0.05) is 12.1 Å². The molecule has 2 fully saturated rings. The first-order chi connectivity index (χ1) is 19.1. The van der Waals surface area contributed by atoms with Crippen LogP contribution in [-0.4, -0.2) is 62.0 Å². The molecule has 2 heterocycles. The molecular weight excluding hydrogens is 547 g/mol. The van der Waals surface area contributed by atoms with Gasteiger partial charge in [0.05, 0.1) is 30.9 Å². The third kappa shape index (κ3) is 6.09. The van der Waals surface area contributed by atoms with Crippen molar-refractivity contribution in [2.24, 2.45) is 5.41 Å². The molecule has 1 aliphatic heterocycles. The lowest BCUT2D eigenvalue weighted by Crippen LogP contribution is -2.49. The second kappa shape index (κ2) is 11.1. The van der Waals surface area contributed by atoms with Crippen molar-refractivity contribution < 1.29 is 26.3 Å². The fourth-order valence-electron chi connectivity index (χ4n) is 4.83. The maximum atomic E-state index is 13.9. The Labute approximate surface area is 230 Å². The van der Waals surface area contributed by atoms with Gasteiger partial charge in [0.15, 0.2) is 0 Å². The van der Waals surface area contributed by atoms with E-state index >= 15 is 0 Å². The smallest absolute Gasteiger partial charge is 0.316 e. The lowest BCUT2D eigenvalue weighted by molar-refractivity contribution is 0.209. The van der Waals surface area contributed by atoms with Gasteiger partial charge in [-0.3, -0.25) is 9.18 Å². The predicted molar refractivity (Wildman–Crippen MR) is 145 cm³/mol. The molecule has 2 N–H and O–H groups in total. The van der Waals surface area contributed by atoms with Crippen LogP contribution in [0.4, 0.5) is 24.5 Å². The molecule has 2 aliphatic rings. The number of nitrogens with two attached hydrogens (primary N) is 1. The van der Waals surface area contributed by atoms with Crippen LogP contribution in [0.5, 0.6) is 5.75 Å². The zero-order chi connectivity index (χ0) is 28.5. The zero-order valence-electron chi connectivity index (χ0n) is 21.7. The fourth-order valence-corrected chi connectivity index (χ4v) is 6.34. The molecule has 0 amide bonds. The van der Waals surface area contributed by atoms with Crippen molar-refractivity contribution in [2.75, 3.05) is 50.1 Å². The lowest BCUT2D eigenvalue weighted by atomic mass is 10.1. The van der Waals surface area contributed by atoms with Crippen LogP contribution in [0.1, 0.15) is 24.8 Å². The van der Waals surface area contributed by atoms with E-state index in [0.717, 1.165) is 29.7 Å². The van der Waals surface area contributed by atoms with Crippen LogP contribution in [-0.2, 0) is 15.8 Å². The number of aromatic nitrogens is 2. The summed E-state index contributed by atoms with van der Waals surface area (Å²) in [6, 6.07) is 9.30. The minimum atomic E-state index is -3.61. The number of alkyl halides is 1. The summed E-state index contributed by atoms with van der Waals surface area (Å²) in [5, 5.41) is 4.14. The summed E-state index contributed by atoms with van der Waals surface area (Å²) in [5.41, 5.74) is 6.01. The topological polar surface area (TPSA) is 111 Å². The molecule has 0 atom stereocenters. The van der Waals surface area contributed by atoms with Crippen LogP contribution < -0.4 is 20.9 Å². The molecular formula is C27H30F3N5O4S. The SMILES string of the molecule is Nc1ccc(CS(=O)(=O)N2CCN(c3cnn(-c4cc(F)cc(F)c4)c(=O)c3OCC3(CCF)CC3)CC2)cc1. The molecule has 0 unspecified atom stereocenters. The maximum Gasteiger partial charge on any atom is 0.316 e. The Hall–Kier alpha value is -3.58. The summed E-state index contributed by atoms with van der Waals surface area (Å²) in [5.74, 6) is -1.99. The number of sulfonamides is 1. The molecule has 214 valence electrons. The van der Waals surface area contributed by atoms with Gasteiger partial charge in [0.2, 0.25) is 15.8 Å². The number of piperazine rings is 1. The largest absolute Gasteiger partial charge is 0.486 e. The Morgan fingerprint density at radius 1 is 1.00 bits per heavy atom. The van der Waals surface area contributed by atoms with Gasteiger partial charge in [-0.05, 0) is 49.1 Å². The van der Waals surface area contributed by atoms with Crippen molar-refractivity contribution in [1.29, 1.82) is 0 Å². The molecule has 1 aliphatic carbocycles. The normalized spacial score (nSPS) is 17.1. The van der Waals surface area contributed by atoms with Crippen molar-refractivity contribution in [2.45, 2.75) is 25.0 Å². The first kappa shape index (κ1) is 28.0. The van der Waals surface area contributed by atoms with Crippen molar-refractivity contribution in [3.8, 4) is 11.4 Å². The number of rotatable bonds is 10. The van der Waals surface area contributed by atoms with Crippen LogP contribution in [0.3, 0.4) is 0 Å². The van der Waals surface area contributed by atoms with Gasteiger partial charge < -0.3 is 15.4 Å². The van der Waals surface area contributed by atoms with E-state index in [1.54, 1.807) is 29.2 Å². The van der Waals surface area contributed by atoms with E-state index in [4.69, 9.17) is 10.5 Å². The van der Waals surface area contributed by atoms with E-state index in [1.807, 2.05) is 0 Å². The molecule has 1 aromatic heterocycles. The Kier molecular flexibility index (Phi) is 7.78. The minimum Gasteiger partial charge on any atom is -0.486 e. The van der Waals surface area contributed by atoms with E-state index in [1.165, 1.54) is 10.5 Å². The summed E-state index contributed by atoms with van der Waals surface area (Å²) < 4.78 is 75.2. The molecule has 40 heavy (non-hydrogen) atoms. The molecule has 0 bridgehead atoms. The number of benzene rings is 2. The van der Waals surface area contributed by atoms with Gasteiger partial charge >= 0.3 is 5.56 Å². The highest BCUT2D eigenvalue weighted by molar-refractivity contribution is 7.88. The van der Waals surface area contributed by atoms with Gasteiger partial charge in [0.25, 0.3) is 0 Å². The quantitative estimate of drug-likeness (QED) is 0.369. The Morgan fingerprint density at radius 2 is 1.65 bits per heavy atom. The van der Waals surface area contributed by atoms with Crippen molar-refractivity contribution in [3.63, 3.8) is 0 Å². The highest BCUT2D eigenvalue weighted by Gasteiger charge is 2.43. The number of halogens is 3. The van der Waals surface area contributed by atoms with Crippen LogP contribution in [0, 0.1) is 17.0 Å². The van der Waals surface area contributed by atoms with Gasteiger partial charge in [0, 0.05) is 43.3 Å². The lowest BCUT2D eigenvalue weighted by Gasteiger charge is -2.35. The van der Waals surface area contributed by atoms with Crippen molar-refractivity contribution in [1.82, 2.24) is 14.1 Å². The maximum absolute atomic E-state index is 13.9. The monoisotopic (exact) mass is 577 g/mol. The van der Waals surface area contributed by atoms with E-state index in [-0.39, 0.29) is 55.4 Å². The molecule has 1 saturated carbocycles. The summed E-state index contributed by atoms with van der Waals surface area (Å²) in [6.45, 7) is 0.448. The molecule has 9 nitrogen and oxygen atoms in total. The number of hydrogen-bond donors (Lipinski definition) is 1. The first-order valence-electron chi connectivity index (χ1n) is 12.9. The molecule has 0 spiro atoms. The van der Waals surface area contributed by atoms with E-state index in [9.17, 15) is 26.4 Å². The second-order valence-electron chi connectivity index (χ2n) is 10.3. The Morgan fingerprint density at radius 3 is 2.25 bits per heavy atom. The standard InChI is InChI=1S/C27H30F3N5O4S/c28-8-7-27(5-6-27)18-39-25-24(16-32-35(26(25)36)23-14-20(29)13-21(30)15-23)33-9-11-34(12-10-33)40(37,38)17-19-1-3-22(31)4-2-19/h1-4,13-16H,5-12,17-18,31H2. The number of nitrogens with zero attached hydrogens (tertiary/aromatic N) is 4. The minimum absolute atomic E-state index is 0.0806. The third-order valence-electron chi connectivity index (χ3n) is 7.41. The molecule has 0 radical (unpaired) electrons. The van der Waals surface area contributed by atoms with E-state index < -0.39 is 33.9 Å². The zero-order valence-corrected chi connectivity index (χ0v) is 22.5. The van der Waals surface area contributed by atoms with Gasteiger partial charge in [-0.2, -0.15) is 14.1 Å². The van der Waals surface area contributed by atoms with Gasteiger partial charge in [-0.25, -0.2) is 17.2 Å². The third-order valence-corrected chi connectivity index (χ3v) is 9.26. The van der Waals surface area contributed by atoms with Gasteiger partial charge in [-0.15, -0.1) is 0 Å². The fraction of sp³-hybridized carbons (Fsp3) is 0.407. The average molecular weight is 578 g/mol. The molecule has 13 heteroatoms. The van der Waals surface area contributed by atoms with Crippen molar-refractivity contribution >= 4 is 21.4 Å². The van der Waals surface area contributed by atoms with Crippen molar-refractivity contribution in [3.05, 3.63) is 76.2 Å². The van der Waals surface area contributed by atoms with Gasteiger partial charge in [0.1, 0.15) is 17.3 Å². The van der Waals surface area contributed by atoms with Crippen LogP contribution >= 0.6 is 0 Å². The summed E-state index contributed by atoms with van der Waals surface area (Å²) in [6.07, 6.45) is 3.21. The summed E-state index contributed by atoms with van der Waals surface area (Å²) >= 11 is 0. The molecule has 5 rings (SSSR count). The molecule has 1 saturated heterocycles.